The van der Waals surface area contributed by atoms with Crippen LogP contribution in [0.25, 0.3) is 0 Å². The van der Waals surface area contributed by atoms with E-state index in [9.17, 15) is 0 Å². The van der Waals surface area contributed by atoms with E-state index in [2.05, 4.69) is 24.3 Å². The van der Waals surface area contributed by atoms with Crippen LogP contribution in [0.3, 0.4) is 0 Å². The molecule has 0 amide bonds. The standard InChI is InChI=1S/C16H23N/c17-16(14-9-2-3-10-14)12-6-5-8-13-7-1-4-11-15(13)16/h1,4,7,11,14H,2-3,5-6,8-10,12,17H2. The molecule has 3 rings (SSSR count). The van der Waals surface area contributed by atoms with E-state index in [1.807, 2.05) is 0 Å². The Labute approximate surface area is 104 Å². The summed E-state index contributed by atoms with van der Waals surface area (Å²) < 4.78 is 0. The van der Waals surface area contributed by atoms with Crippen molar-refractivity contribution in [3.8, 4) is 0 Å². The molecule has 1 nitrogen and oxygen atoms in total. The minimum atomic E-state index is -0.0242. The second-order valence-electron chi connectivity index (χ2n) is 5.89. The van der Waals surface area contributed by atoms with Gasteiger partial charge < -0.3 is 5.73 Å². The minimum Gasteiger partial charge on any atom is -0.321 e. The van der Waals surface area contributed by atoms with Gasteiger partial charge in [0.1, 0.15) is 0 Å². The average molecular weight is 229 g/mol. The zero-order valence-electron chi connectivity index (χ0n) is 10.6. The molecule has 1 fully saturated rings. The van der Waals surface area contributed by atoms with Gasteiger partial charge in [0, 0.05) is 5.54 Å². The molecule has 0 bridgehead atoms. The number of nitrogens with two attached hydrogens (primary N) is 1. The second kappa shape index (κ2) is 4.45. The lowest BCUT2D eigenvalue weighted by atomic mass is 9.74. The van der Waals surface area contributed by atoms with Crippen LogP contribution in [0, 0.1) is 5.92 Å². The smallest absolute Gasteiger partial charge is 0.0440 e. The molecule has 1 unspecified atom stereocenters. The predicted octanol–water partition coefficient (Wildman–Crippen LogP) is 3.76. The third-order valence-electron chi connectivity index (χ3n) is 4.89. The lowest BCUT2D eigenvalue weighted by molar-refractivity contribution is 0.257. The van der Waals surface area contributed by atoms with Gasteiger partial charge in [0.15, 0.2) is 0 Å². The molecule has 2 aliphatic carbocycles. The highest BCUT2D eigenvalue weighted by molar-refractivity contribution is 5.35. The highest BCUT2D eigenvalue weighted by atomic mass is 14.8. The zero-order valence-corrected chi connectivity index (χ0v) is 10.6. The van der Waals surface area contributed by atoms with Gasteiger partial charge in [0.2, 0.25) is 0 Å². The van der Waals surface area contributed by atoms with Gasteiger partial charge in [-0.25, -0.2) is 0 Å². The fourth-order valence-electron chi connectivity index (χ4n) is 3.92. The van der Waals surface area contributed by atoms with E-state index in [-0.39, 0.29) is 5.54 Å². The molecule has 17 heavy (non-hydrogen) atoms. The third-order valence-corrected chi connectivity index (χ3v) is 4.89. The molecular weight excluding hydrogens is 206 g/mol. The first-order valence-corrected chi connectivity index (χ1v) is 7.18. The maximum absolute atomic E-state index is 6.88. The molecule has 0 aromatic heterocycles. The molecule has 1 saturated carbocycles. The summed E-state index contributed by atoms with van der Waals surface area (Å²) in [5, 5.41) is 0. The lowest BCUT2D eigenvalue weighted by Crippen LogP contribution is -2.43. The molecule has 0 saturated heterocycles. The van der Waals surface area contributed by atoms with Crippen LogP contribution < -0.4 is 5.73 Å². The monoisotopic (exact) mass is 229 g/mol. The van der Waals surface area contributed by atoms with Crippen molar-refractivity contribution in [1.82, 2.24) is 0 Å². The quantitative estimate of drug-likeness (QED) is 0.729. The molecule has 1 atom stereocenters. The summed E-state index contributed by atoms with van der Waals surface area (Å²) in [6.07, 6.45) is 10.5. The Bertz CT molecular complexity index is 392. The first-order chi connectivity index (χ1) is 8.31. The molecule has 2 N–H and O–H groups in total. The van der Waals surface area contributed by atoms with Gasteiger partial charge in [-0.2, -0.15) is 0 Å². The number of fused-ring (bicyclic) bond motifs is 1. The number of benzene rings is 1. The van der Waals surface area contributed by atoms with E-state index in [0.717, 1.165) is 5.92 Å². The van der Waals surface area contributed by atoms with Crippen molar-refractivity contribution in [3.63, 3.8) is 0 Å². The van der Waals surface area contributed by atoms with Crippen LogP contribution in [0.4, 0.5) is 0 Å². The summed E-state index contributed by atoms with van der Waals surface area (Å²) >= 11 is 0. The van der Waals surface area contributed by atoms with Crippen LogP contribution in [-0.4, -0.2) is 0 Å². The SMILES string of the molecule is NC1(C2CCCC2)CCCCc2ccccc21. The number of aryl methyl sites for hydroxylation is 1. The summed E-state index contributed by atoms with van der Waals surface area (Å²) in [5.74, 6) is 0.724. The van der Waals surface area contributed by atoms with Gasteiger partial charge in [0.25, 0.3) is 0 Å². The first kappa shape index (κ1) is 11.3. The van der Waals surface area contributed by atoms with Crippen molar-refractivity contribution in [3.05, 3.63) is 35.4 Å². The number of hydrogen-bond acceptors (Lipinski definition) is 1. The highest BCUT2D eigenvalue weighted by Gasteiger charge is 2.39. The van der Waals surface area contributed by atoms with E-state index < -0.39 is 0 Å². The van der Waals surface area contributed by atoms with Crippen molar-refractivity contribution >= 4 is 0 Å². The third kappa shape index (κ3) is 1.91. The van der Waals surface area contributed by atoms with Crippen LogP contribution in [0.15, 0.2) is 24.3 Å². The Kier molecular flexibility index (Phi) is 2.96. The van der Waals surface area contributed by atoms with Gasteiger partial charge in [-0.15, -0.1) is 0 Å². The Morgan fingerprint density at radius 2 is 1.76 bits per heavy atom. The van der Waals surface area contributed by atoms with E-state index in [4.69, 9.17) is 5.73 Å². The van der Waals surface area contributed by atoms with Crippen LogP contribution >= 0.6 is 0 Å². The van der Waals surface area contributed by atoms with E-state index in [1.165, 1.54) is 62.5 Å². The molecule has 0 radical (unpaired) electrons. The molecule has 0 aliphatic heterocycles. The number of hydrogen-bond donors (Lipinski definition) is 1. The Morgan fingerprint density at radius 3 is 2.59 bits per heavy atom. The molecular formula is C16H23N. The minimum absolute atomic E-state index is 0.0242. The van der Waals surface area contributed by atoms with Gasteiger partial charge in [-0.1, -0.05) is 43.5 Å². The van der Waals surface area contributed by atoms with Crippen molar-refractivity contribution in [2.75, 3.05) is 0 Å². The maximum atomic E-state index is 6.88. The topological polar surface area (TPSA) is 26.0 Å². The molecule has 1 aromatic carbocycles. The summed E-state index contributed by atoms with van der Waals surface area (Å²) in [6, 6.07) is 8.91. The fourth-order valence-corrected chi connectivity index (χ4v) is 3.92. The molecule has 92 valence electrons. The number of rotatable bonds is 1. The van der Waals surface area contributed by atoms with E-state index in [0.29, 0.717) is 0 Å². The maximum Gasteiger partial charge on any atom is 0.0440 e. The average Bonchev–Trinajstić information content (AvgIpc) is 2.84. The highest BCUT2D eigenvalue weighted by Crippen LogP contribution is 2.44. The normalized spacial score (nSPS) is 29.9. The van der Waals surface area contributed by atoms with Gasteiger partial charge in [0.05, 0.1) is 0 Å². The van der Waals surface area contributed by atoms with Gasteiger partial charge in [-0.3, -0.25) is 0 Å². The first-order valence-electron chi connectivity index (χ1n) is 7.18. The van der Waals surface area contributed by atoms with Crippen molar-refractivity contribution in [1.29, 1.82) is 0 Å². The van der Waals surface area contributed by atoms with E-state index in [1.54, 1.807) is 0 Å². The van der Waals surface area contributed by atoms with E-state index >= 15 is 0 Å². The van der Waals surface area contributed by atoms with Crippen LogP contribution in [0.1, 0.15) is 56.1 Å². The van der Waals surface area contributed by atoms with Crippen molar-refractivity contribution in [2.24, 2.45) is 11.7 Å². The fraction of sp³-hybridized carbons (Fsp3) is 0.625. The van der Waals surface area contributed by atoms with Crippen LogP contribution in [0.5, 0.6) is 0 Å². The predicted molar refractivity (Wildman–Crippen MR) is 71.8 cm³/mol. The second-order valence-corrected chi connectivity index (χ2v) is 5.89. The largest absolute Gasteiger partial charge is 0.321 e. The zero-order chi connectivity index (χ0) is 11.7. The molecule has 1 heteroatoms. The van der Waals surface area contributed by atoms with Crippen LogP contribution in [0.2, 0.25) is 0 Å². The summed E-state index contributed by atoms with van der Waals surface area (Å²) in [7, 11) is 0. The van der Waals surface area contributed by atoms with Crippen molar-refractivity contribution in [2.45, 2.75) is 56.9 Å². The lowest BCUT2D eigenvalue weighted by Gasteiger charge is -2.36. The molecule has 2 aliphatic rings. The Morgan fingerprint density at radius 1 is 1.00 bits per heavy atom. The Balaban J connectivity index is 2.03. The molecule has 0 heterocycles. The summed E-state index contributed by atoms with van der Waals surface area (Å²) in [4.78, 5) is 0. The van der Waals surface area contributed by atoms with Gasteiger partial charge >= 0.3 is 0 Å². The van der Waals surface area contributed by atoms with Crippen LogP contribution in [-0.2, 0) is 12.0 Å². The van der Waals surface area contributed by atoms with Crippen molar-refractivity contribution < 1.29 is 0 Å². The van der Waals surface area contributed by atoms with Gasteiger partial charge in [-0.05, 0) is 49.1 Å². The summed E-state index contributed by atoms with van der Waals surface area (Å²) in [5.41, 5.74) is 9.83. The molecule has 0 spiro atoms. The molecule has 1 aromatic rings. The Hall–Kier alpha value is -0.820. The summed E-state index contributed by atoms with van der Waals surface area (Å²) in [6.45, 7) is 0.